The number of aliphatic hydroxyl groups excluding tert-OH is 1. The van der Waals surface area contributed by atoms with Gasteiger partial charge in [0.05, 0.1) is 0 Å². The van der Waals surface area contributed by atoms with Crippen LogP contribution in [0.4, 0.5) is 0 Å². The summed E-state index contributed by atoms with van der Waals surface area (Å²) >= 11 is 0. The molecule has 5 heteroatoms. The van der Waals surface area contributed by atoms with E-state index in [0.717, 1.165) is 54.8 Å². The minimum Gasteiger partial charge on any atom is -0.504 e. The van der Waals surface area contributed by atoms with E-state index in [1.807, 2.05) is 30.5 Å². The molecule has 1 atom stereocenters. The highest BCUT2D eigenvalue weighted by molar-refractivity contribution is 5.42. The van der Waals surface area contributed by atoms with Gasteiger partial charge in [-0.05, 0) is 60.2 Å². The molecule has 0 saturated heterocycles. The van der Waals surface area contributed by atoms with Crippen LogP contribution in [0.1, 0.15) is 74.0 Å². The van der Waals surface area contributed by atoms with Gasteiger partial charge in [-0.1, -0.05) is 33.3 Å². The van der Waals surface area contributed by atoms with Gasteiger partial charge >= 0.3 is 0 Å². The second kappa shape index (κ2) is 10.4. The summed E-state index contributed by atoms with van der Waals surface area (Å²) in [5.41, 5.74) is 2.90. The number of furan rings is 1. The summed E-state index contributed by atoms with van der Waals surface area (Å²) in [6.07, 6.45) is 5.97. The molecule has 2 heterocycles. The summed E-state index contributed by atoms with van der Waals surface area (Å²) in [6.45, 7) is 6.45. The maximum atomic E-state index is 10.4. The number of phenolic OH excluding ortho intramolecular Hbond substituents is 1. The van der Waals surface area contributed by atoms with Crippen LogP contribution in [-0.2, 0) is 19.3 Å². The lowest BCUT2D eigenvalue weighted by molar-refractivity contribution is 0.103. The molecule has 0 spiro atoms. The summed E-state index contributed by atoms with van der Waals surface area (Å²) in [5.74, 6) is 2.85. The van der Waals surface area contributed by atoms with E-state index in [-0.39, 0.29) is 12.4 Å². The molecule has 0 fully saturated rings. The topological polar surface area (TPSA) is 78.6 Å². The van der Waals surface area contributed by atoms with Crippen molar-refractivity contribution in [2.75, 3.05) is 6.61 Å². The highest BCUT2D eigenvalue weighted by atomic mass is 16.5. The molecule has 0 saturated carbocycles. The number of aliphatic hydroxyl groups is 1. The number of rotatable bonds is 11. The van der Waals surface area contributed by atoms with E-state index in [1.165, 1.54) is 0 Å². The number of hydrogen-bond donors (Lipinski definition) is 3. The number of benzene rings is 1. The number of hydrogen-bond acceptors (Lipinski definition) is 4. The van der Waals surface area contributed by atoms with Gasteiger partial charge in [-0.3, -0.25) is 0 Å². The van der Waals surface area contributed by atoms with Crippen LogP contribution < -0.4 is 4.74 Å². The van der Waals surface area contributed by atoms with Gasteiger partial charge in [0.25, 0.3) is 0 Å². The molecule has 0 bridgehead atoms. The largest absolute Gasteiger partial charge is 0.504 e. The molecule has 162 valence electrons. The average molecular weight is 412 g/mol. The smallest absolute Gasteiger partial charge is 0.161 e. The Kier molecular flexibility index (Phi) is 7.63. The van der Waals surface area contributed by atoms with E-state index in [0.29, 0.717) is 17.4 Å². The van der Waals surface area contributed by atoms with Gasteiger partial charge in [0.15, 0.2) is 11.5 Å². The minimum absolute atomic E-state index is 0.0635. The van der Waals surface area contributed by atoms with Crippen molar-refractivity contribution < 1.29 is 19.4 Å². The van der Waals surface area contributed by atoms with Crippen LogP contribution in [0.2, 0.25) is 0 Å². The molecule has 2 aromatic heterocycles. The van der Waals surface area contributed by atoms with Gasteiger partial charge in [-0.25, -0.2) is 0 Å². The van der Waals surface area contributed by atoms with Crippen molar-refractivity contribution in [3.8, 4) is 11.5 Å². The van der Waals surface area contributed by atoms with Crippen molar-refractivity contribution in [1.29, 1.82) is 0 Å². The third-order valence-electron chi connectivity index (χ3n) is 5.33. The van der Waals surface area contributed by atoms with Gasteiger partial charge in [0, 0.05) is 24.7 Å². The minimum atomic E-state index is -0.787. The number of aromatic nitrogens is 1. The predicted octanol–water partition coefficient (Wildman–Crippen LogP) is 5.68. The zero-order chi connectivity index (χ0) is 21.5. The van der Waals surface area contributed by atoms with E-state index in [9.17, 15) is 10.2 Å². The number of aromatic hydroxyl groups is 1. The predicted molar refractivity (Wildman–Crippen MR) is 118 cm³/mol. The Bertz CT molecular complexity index is 925. The molecule has 0 aliphatic carbocycles. The van der Waals surface area contributed by atoms with Crippen LogP contribution >= 0.6 is 0 Å². The first-order valence-corrected chi connectivity index (χ1v) is 10.8. The van der Waals surface area contributed by atoms with Crippen molar-refractivity contribution in [3.05, 3.63) is 70.9 Å². The fraction of sp³-hybridized carbons (Fsp3) is 0.440. The Morgan fingerprint density at radius 3 is 2.50 bits per heavy atom. The van der Waals surface area contributed by atoms with Crippen LogP contribution in [0.15, 0.2) is 47.0 Å². The summed E-state index contributed by atoms with van der Waals surface area (Å²) in [7, 11) is 0. The summed E-state index contributed by atoms with van der Waals surface area (Å²) in [6, 6.07) is 11.4. The van der Waals surface area contributed by atoms with Crippen LogP contribution in [0.25, 0.3) is 0 Å². The van der Waals surface area contributed by atoms with Crippen LogP contribution in [-0.4, -0.2) is 21.8 Å². The van der Waals surface area contributed by atoms with Crippen molar-refractivity contribution >= 4 is 0 Å². The average Bonchev–Trinajstić information content (AvgIpc) is 3.40. The third-order valence-corrected chi connectivity index (χ3v) is 5.33. The van der Waals surface area contributed by atoms with E-state index in [2.05, 4.69) is 31.8 Å². The van der Waals surface area contributed by atoms with E-state index >= 15 is 0 Å². The molecule has 30 heavy (non-hydrogen) atoms. The highest BCUT2D eigenvalue weighted by Crippen LogP contribution is 2.29. The molecule has 0 amide bonds. The molecule has 0 aliphatic heterocycles. The van der Waals surface area contributed by atoms with Gasteiger partial charge in [-0.15, -0.1) is 0 Å². The first-order chi connectivity index (χ1) is 14.5. The van der Waals surface area contributed by atoms with E-state index in [4.69, 9.17) is 9.15 Å². The number of ether oxygens (including phenoxy) is 1. The van der Waals surface area contributed by atoms with Crippen molar-refractivity contribution in [2.45, 2.75) is 64.9 Å². The zero-order valence-electron chi connectivity index (χ0n) is 18.1. The van der Waals surface area contributed by atoms with E-state index in [1.54, 1.807) is 6.07 Å². The first-order valence-electron chi connectivity index (χ1n) is 10.8. The van der Waals surface area contributed by atoms with Gasteiger partial charge < -0.3 is 24.4 Å². The number of nitrogens with one attached hydrogen (secondary N) is 1. The van der Waals surface area contributed by atoms with Crippen molar-refractivity contribution in [2.24, 2.45) is 0 Å². The number of aromatic amines is 1. The Balaban J connectivity index is 1.55. The van der Waals surface area contributed by atoms with Crippen LogP contribution in [0.3, 0.4) is 0 Å². The molecule has 0 radical (unpaired) electrons. The Labute approximate surface area is 178 Å². The fourth-order valence-electron chi connectivity index (χ4n) is 3.35. The molecule has 5 nitrogen and oxygen atoms in total. The third kappa shape index (κ3) is 5.92. The van der Waals surface area contributed by atoms with Gasteiger partial charge in [0.2, 0.25) is 0 Å². The molecule has 0 unspecified atom stereocenters. The summed E-state index contributed by atoms with van der Waals surface area (Å²) in [4.78, 5) is 3.10. The fourth-order valence-corrected chi connectivity index (χ4v) is 3.35. The monoisotopic (exact) mass is 411 g/mol. The number of phenols is 1. The van der Waals surface area contributed by atoms with Crippen molar-refractivity contribution in [1.82, 2.24) is 4.98 Å². The maximum absolute atomic E-state index is 10.4. The molecular weight excluding hydrogens is 378 g/mol. The quantitative estimate of drug-likeness (QED) is 0.379. The highest BCUT2D eigenvalue weighted by Gasteiger charge is 2.14. The second-order valence-corrected chi connectivity index (χ2v) is 8.14. The molecular formula is C25H33NO4. The summed E-state index contributed by atoms with van der Waals surface area (Å²) in [5, 5.41) is 20.5. The molecule has 1 aromatic carbocycles. The van der Waals surface area contributed by atoms with E-state index < -0.39 is 6.10 Å². The Hall–Kier alpha value is -2.66. The zero-order valence-corrected chi connectivity index (χ0v) is 18.1. The maximum Gasteiger partial charge on any atom is 0.161 e. The first kappa shape index (κ1) is 22.0. The lowest BCUT2D eigenvalue weighted by Crippen LogP contribution is -2.10. The van der Waals surface area contributed by atoms with Crippen LogP contribution in [0.5, 0.6) is 11.5 Å². The van der Waals surface area contributed by atoms with Crippen LogP contribution in [0, 0.1) is 0 Å². The molecule has 3 rings (SSSR count). The Morgan fingerprint density at radius 2 is 1.80 bits per heavy atom. The van der Waals surface area contributed by atoms with Gasteiger partial charge in [-0.2, -0.15) is 0 Å². The summed E-state index contributed by atoms with van der Waals surface area (Å²) < 4.78 is 11.6. The molecule has 3 aromatic rings. The lowest BCUT2D eigenvalue weighted by atomic mass is 10.1. The van der Waals surface area contributed by atoms with Gasteiger partial charge in [0.1, 0.15) is 24.2 Å². The normalized spacial score (nSPS) is 12.4. The standard InChI is InChI=1S/C25H33NO4/c1-4-5-6-20-10-11-21(30-20)9-7-18-8-12-23(27)25(13-18)29-16-24(28)22-14-19(15-26-22)17(2)3/h8,10-15,17,24,26-28H,4-7,9,16H2,1-3H3/t24-/m0/s1. The number of aryl methyl sites for hydroxylation is 3. The second-order valence-electron chi connectivity index (χ2n) is 8.14. The lowest BCUT2D eigenvalue weighted by Gasteiger charge is -2.13. The SMILES string of the molecule is CCCCc1ccc(CCc2ccc(O)c(OC[C@H](O)c3cc(C(C)C)c[nH]3)c2)o1. The molecule has 0 aliphatic rings. The Morgan fingerprint density at radius 1 is 1.03 bits per heavy atom. The van der Waals surface area contributed by atoms with Crippen molar-refractivity contribution in [3.63, 3.8) is 0 Å². The number of unbranched alkanes of at least 4 members (excludes halogenated alkanes) is 1. The molecule has 3 N–H and O–H groups in total. The number of H-pyrrole nitrogens is 1.